The fourth-order valence-corrected chi connectivity index (χ4v) is 2.01. The number of aliphatic hydroxyl groups excluding tert-OH is 1. The molecule has 18 heavy (non-hydrogen) atoms. The number of pyridine rings is 1. The van der Waals surface area contributed by atoms with Crippen LogP contribution in [0, 0.1) is 0 Å². The predicted molar refractivity (Wildman–Crippen MR) is 70.3 cm³/mol. The third-order valence-electron chi connectivity index (χ3n) is 2.96. The highest BCUT2D eigenvalue weighted by Crippen LogP contribution is 2.15. The Kier molecular flexibility index (Phi) is 4.69. The summed E-state index contributed by atoms with van der Waals surface area (Å²) in [6.45, 7) is 1.50. The summed E-state index contributed by atoms with van der Waals surface area (Å²) in [5.41, 5.74) is 2.08. The van der Waals surface area contributed by atoms with E-state index in [0.29, 0.717) is 13.0 Å². The molecule has 0 aliphatic heterocycles. The molecule has 2 aromatic rings. The Morgan fingerprint density at radius 2 is 2.44 bits per heavy atom. The van der Waals surface area contributed by atoms with Gasteiger partial charge in [0.15, 0.2) is 0 Å². The Morgan fingerprint density at radius 3 is 3.22 bits per heavy atom. The minimum Gasteiger partial charge on any atom is -0.396 e. The summed E-state index contributed by atoms with van der Waals surface area (Å²) in [7, 11) is 1.67. The molecule has 0 radical (unpaired) electrons. The van der Waals surface area contributed by atoms with Crippen LogP contribution in [0.3, 0.4) is 0 Å². The van der Waals surface area contributed by atoms with Crippen LogP contribution in [-0.4, -0.2) is 41.4 Å². The smallest absolute Gasteiger partial charge is 0.137 e. The number of aromatic nitrogens is 2. The Balaban J connectivity index is 2.00. The number of aromatic amines is 1. The van der Waals surface area contributed by atoms with Crippen LogP contribution in [0.1, 0.15) is 12.0 Å². The number of nitrogens with zero attached hydrogens (tertiary/aromatic N) is 1. The van der Waals surface area contributed by atoms with E-state index in [9.17, 15) is 0 Å². The van der Waals surface area contributed by atoms with Crippen molar-refractivity contribution < 1.29 is 9.84 Å². The molecule has 1 unspecified atom stereocenters. The topological polar surface area (TPSA) is 70.2 Å². The minimum absolute atomic E-state index is 0.163. The molecule has 2 aromatic heterocycles. The second-order valence-corrected chi connectivity index (χ2v) is 4.26. The van der Waals surface area contributed by atoms with Crippen LogP contribution in [0.25, 0.3) is 11.0 Å². The minimum atomic E-state index is 0.163. The Labute approximate surface area is 106 Å². The van der Waals surface area contributed by atoms with Crippen LogP contribution in [0.2, 0.25) is 0 Å². The van der Waals surface area contributed by atoms with Gasteiger partial charge in [0.1, 0.15) is 5.65 Å². The molecular weight excluding hydrogens is 230 g/mol. The highest BCUT2D eigenvalue weighted by atomic mass is 16.5. The monoisotopic (exact) mass is 249 g/mol. The van der Waals surface area contributed by atoms with Gasteiger partial charge in [-0.05, 0) is 24.1 Å². The van der Waals surface area contributed by atoms with E-state index in [1.54, 1.807) is 13.3 Å². The molecule has 0 spiro atoms. The molecule has 0 bridgehead atoms. The second kappa shape index (κ2) is 6.49. The maximum atomic E-state index is 8.98. The lowest BCUT2D eigenvalue weighted by Crippen LogP contribution is -2.33. The molecule has 1 atom stereocenters. The maximum Gasteiger partial charge on any atom is 0.137 e. The van der Waals surface area contributed by atoms with E-state index in [4.69, 9.17) is 9.84 Å². The lowest BCUT2D eigenvalue weighted by Gasteiger charge is -2.16. The average Bonchev–Trinajstić information content (AvgIpc) is 2.80. The lowest BCUT2D eigenvalue weighted by molar-refractivity contribution is 0.148. The third kappa shape index (κ3) is 3.07. The molecule has 2 heterocycles. The van der Waals surface area contributed by atoms with E-state index < -0.39 is 0 Å². The molecule has 5 heteroatoms. The number of ether oxygens (including phenoxy) is 1. The number of methoxy groups -OCH3 is 1. The zero-order valence-electron chi connectivity index (χ0n) is 10.5. The van der Waals surface area contributed by atoms with Gasteiger partial charge < -0.3 is 20.1 Å². The third-order valence-corrected chi connectivity index (χ3v) is 2.96. The van der Waals surface area contributed by atoms with E-state index in [-0.39, 0.29) is 12.6 Å². The van der Waals surface area contributed by atoms with Crippen LogP contribution < -0.4 is 5.32 Å². The van der Waals surface area contributed by atoms with Gasteiger partial charge in [-0.25, -0.2) is 4.98 Å². The Hall–Kier alpha value is -1.43. The largest absolute Gasteiger partial charge is 0.396 e. The van der Waals surface area contributed by atoms with E-state index in [2.05, 4.69) is 15.3 Å². The van der Waals surface area contributed by atoms with Crippen molar-refractivity contribution in [2.45, 2.75) is 19.0 Å². The zero-order chi connectivity index (χ0) is 12.8. The van der Waals surface area contributed by atoms with Crippen molar-refractivity contribution in [2.24, 2.45) is 0 Å². The fourth-order valence-electron chi connectivity index (χ4n) is 2.01. The number of fused-ring (bicyclic) bond motifs is 1. The van der Waals surface area contributed by atoms with Crippen LogP contribution in [-0.2, 0) is 11.3 Å². The highest BCUT2D eigenvalue weighted by molar-refractivity contribution is 5.79. The molecule has 5 nitrogen and oxygen atoms in total. The van der Waals surface area contributed by atoms with E-state index in [1.807, 2.05) is 18.3 Å². The molecule has 3 N–H and O–H groups in total. The van der Waals surface area contributed by atoms with Crippen LogP contribution in [0.4, 0.5) is 0 Å². The number of nitrogens with one attached hydrogen (secondary N) is 2. The number of aliphatic hydroxyl groups is 1. The van der Waals surface area contributed by atoms with Gasteiger partial charge >= 0.3 is 0 Å². The van der Waals surface area contributed by atoms with Crippen molar-refractivity contribution in [3.05, 3.63) is 30.1 Å². The number of hydrogen-bond acceptors (Lipinski definition) is 4. The molecular formula is C13H19N3O2. The summed E-state index contributed by atoms with van der Waals surface area (Å²) < 4.78 is 5.12. The van der Waals surface area contributed by atoms with Crippen LogP contribution in [0.15, 0.2) is 24.5 Å². The van der Waals surface area contributed by atoms with Gasteiger partial charge in [-0.3, -0.25) is 0 Å². The van der Waals surface area contributed by atoms with Gasteiger partial charge in [0.2, 0.25) is 0 Å². The molecule has 0 aliphatic carbocycles. The van der Waals surface area contributed by atoms with Crippen molar-refractivity contribution in [1.29, 1.82) is 0 Å². The summed E-state index contributed by atoms with van der Waals surface area (Å²) >= 11 is 0. The van der Waals surface area contributed by atoms with Gasteiger partial charge in [-0.2, -0.15) is 0 Å². The molecule has 0 saturated carbocycles. The number of hydrogen-bond donors (Lipinski definition) is 3. The van der Waals surface area contributed by atoms with E-state index in [1.165, 1.54) is 5.56 Å². The maximum absolute atomic E-state index is 8.98. The molecule has 2 rings (SSSR count). The first-order chi connectivity index (χ1) is 8.85. The molecule has 0 aromatic carbocycles. The quantitative estimate of drug-likeness (QED) is 0.686. The van der Waals surface area contributed by atoms with Gasteiger partial charge in [-0.1, -0.05) is 0 Å². The first-order valence-electron chi connectivity index (χ1n) is 6.09. The van der Waals surface area contributed by atoms with Gasteiger partial charge in [0.25, 0.3) is 0 Å². The van der Waals surface area contributed by atoms with Crippen molar-refractivity contribution in [2.75, 3.05) is 20.3 Å². The number of H-pyrrole nitrogens is 1. The van der Waals surface area contributed by atoms with Gasteiger partial charge in [-0.15, -0.1) is 0 Å². The summed E-state index contributed by atoms with van der Waals surface area (Å²) in [5, 5.41) is 13.5. The molecule has 98 valence electrons. The van der Waals surface area contributed by atoms with E-state index in [0.717, 1.165) is 17.6 Å². The molecule has 0 aliphatic rings. The van der Waals surface area contributed by atoms with Crippen molar-refractivity contribution in [3.8, 4) is 0 Å². The summed E-state index contributed by atoms with van der Waals surface area (Å²) in [5.74, 6) is 0. The van der Waals surface area contributed by atoms with Crippen molar-refractivity contribution in [1.82, 2.24) is 15.3 Å². The zero-order valence-corrected chi connectivity index (χ0v) is 10.5. The molecule has 0 fully saturated rings. The Bertz CT molecular complexity index is 478. The standard InChI is InChI=1S/C13H19N3O2/c1-18-9-11(4-6-17)15-7-10-8-16-13-12(10)3-2-5-14-13/h2-3,5,8,11,15,17H,4,6-7,9H2,1H3,(H,14,16). The normalized spacial score (nSPS) is 13.0. The highest BCUT2D eigenvalue weighted by Gasteiger charge is 2.09. The van der Waals surface area contributed by atoms with Crippen molar-refractivity contribution >= 4 is 11.0 Å². The number of rotatable bonds is 7. The lowest BCUT2D eigenvalue weighted by atomic mass is 10.2. The first kappa shape index (κ1) is 13.0. The predicted octanol–water partition coefficient (Wildman–Crippen LogP) is 1.05. The summed E-state index contributed by atoms with van der Waals surface area (Å²) in [6.07, 6.45) is 4.43. The molecule has 0 saturated heterocycles. The van der Waals surface area contributed by atoms with Crippen LogP contribution >= 0.6 is 0 Å². The fraction of sp³-hybridized carbons (Fsp3) is 0.462. The van der Waals surface area contributed by atoms with Gasteiger partial charge in [0, 0.05) is 44.1 Å². The first-order valence-corrected chi connectivity index (χ1v) is 6.09. The Morgan fingerprint density at radius 1 is 1.56 bits per heavy atom. The van der Waals surface area contributed by atoms with Gasteiger partial charge in [0.05, 0.1) is 6.61 Å². The van der Waals surface area contributed by atoms with E-state index >= 15 is 0 Å². The molecule has 0 amide bonds. The van der Waals surface area contributed by atoms with Crippen LogP contribution in [0.5, 0.6) is 0 Å². The second-order valence-electron chi connectivity index (χ2n) is 4.26. The SMILES string of the molecule is COCC(CCO)NCc1c[nH]c2ncccc12. The average molecular weight is 249 g/mol. The summed E-state index contributed by atoms with van der Waals surface area (Å²) in [4.78, 5) is 7.40. The van der Waals surface area contributed by atoms with Crippen molar-refractivity contribution in [3.63, 3.8) is 0 Å². The summed E-state index contributed by atoms with van der Waals surface area (Å²) in [6, 6.07) is 4.15.